The monoisotopic (exact) mass is 345 g/mol. The molecule has 0 saturated heterocycles. The van der Waals surface area contributed by atoms with Crippen molar-refractivity contribution in [2.45, 2.75) is 39.7 Å². The Hall–Kier alpha value is -1.83. The van der Waals surface area contributed by atoms with Crippen molar-refractivity contribution in [1.29, 1.82) is 0 Å². The van der Waals surface area contributed by atoms with E-state index in [0.717, 1.165) is 4.57 Å². The number of hydrogen-bond acceptors (Lipinski definition) is 5. The van der Waals surface area contributed by atoms with Gasteiger partial charge in [-0.1, -0.05) is 26.7 Å². The van der Waals surface area contributed by atoms with Gasteiger partial charge >= 0.3 is 13.9 Å². The normalized spacial score (nSPS) is 11.2. The van der Waals surface area contributed by atoms with Crippen molar-refractivity contribution in [3.63, 3.8) is 0 Å². The van der Waals surface area contributed by atoms with E-state index >= 15 is 0 Å². The Labute approximate surface area is 133 Å². The van der Waals surface area contributed by atoms with Gasteiger partial charge < -0.3 is 4.98 Å². The third-order valence-corrected chi connectivity index (χ3v) is 3.55. The van der Waals surface area contributed by atoms with Crippen molar-refractivity contribution in [2.75, 3.05) is 6.61 Å². The van der Waals surface area contributed by atoms with Crippen molar-refractivity contribution in [3.05, 3.63) is 27.2 Å². The summed E-state index contributed by atoms with van der Waals surface area (Å²) in [7, 11) is -1.14. The summed E-state index contributed by atoms with van der Waals surface area (Å²) < 4.78 is 17.1. The third kappa shape index (κ3) is 5.09. The van der Waals surface area contributed by atoms with Crippen LogP contribution in [0.2, 0.25) is 0 Å². The highest BCUT2D eigenvalue weighted by Crippen LogP contribution is 2.14. The predicted octanol–water partition coefficient (Wildman–Crippen LogP) is 1.29. The molecule has 2 aromatic rings. The molecule has 0 fully saturated rings. The Balaban J connectivity index is 0.000000593. The zero-order chi connectivity index (χ0) is 17.4. The van der Waals surface area contributed by atoms with E-state index in [0.29, 0.717) is 5.65 Å². The van der Waals surface area contributed by atoms with Crippen LogP contribution in [-0.2, 0) is 22.7 Å². The zero-order valence-electron chi connectivity index (χ0n) is 13.5. The Morgan fingerprint density at radius 3 is 2.57 bits per heavy atom. The summed E-state index contributed by atoms with van der Waals surface area (Å²) in [6.07, 6.45) is 4.26. The summed E-state index contributed by atoms with van der Waals surface area (Å²) in [4.78, 5) is 39.0. The van der Waals surface area contributed by atoms with E-state index in [9.17, 15) is 14.2 Å². The molecule has 0 amide bonds. The Morgan fingerprint density at radius 2 is 2.00 bits per heavy atom. The van der Waals surface area contributed by atoms with E-state index in [-0.39, 0.29) is 25.1 Å². The van der Waals surface area contributed by atoms with E-state index in [4.69, 9.17) is 4.89 Å². The Morgan fingerprint density at radius 1 is 1.35 bits per heavy atom. The summed E-state index contributed by atoms with van der Waals surface area (Å²) in [6, 6.07) is 0. The summed E-state index contributed by atoms with van der Waals surface area (Å²) in [5.41, 5.74) is -0.417. The van der Waals surface area contributed by atoms with E-state index in [1.165, 1.54) is 30.8 Å². The maximum Gasteiger partial charge on any atom is 0.694 e. The minimum Gasteiger partial charge on any atom is -0.339 e. The highest BCUT2D eigenvalue weighted by Gasteiger charge is 2.14. The highest BCUT2D eigenvalue weighted by molar-refractivity contribution is 7.32. The van der Waals surface area contributed by atoms with Crippen LogP contribution in [0.25, 0.3) is 11.2 Å². The largest absolute Gasteiger partial charge is 0.694 e. The number of rotatable bonds is 6. The number of aromatic nitrogens is 4. The first kappa shape index (κ1) is 19.2. The number of aromatic amines is 1. The van der Waals surface area contributed by atoms with Crippen LogP contribution < -0.4 is 11.2 Å². The predicted molar refractivity (Wildman–Crippen MR) is 86.6 cm³/mol. The number of imidazole rings is 1. The quantitative estimate of drug-likeness (QED) is 0.601. The molecule has 2 N–H and O–H groups in total. The van der Waals surface area contributed by atoms with Crippen molar-refractivity contribution < 1.29 is 14.0 Å². The van der Waals surface area contributed by atoms with Crippen LogP contribution >= 0.6 is 8.25 Å². The average Bonchev–Trinajstić information content (AvgIpc) is 3.02. The lowest BCUT2D eigenvalue weighted by molar-refractivity contribution is 0.270. The van der Waals surface area contributed by atoms with E-state index in [2.05, 4.69) is 28.3 Å². The first-order chi connectivity index (χ1) is 10.9. The fourth-order valence-electron chi connectivity index (χ4n) is 1.75. The van der Waals surface area contributed by atoms with Crippen molar-refractivity contribution in [3.8, 4) is 0 Å². The summed E-state index contributed by atoms with van der Waals surface area (Å²) in [6.45, 7) is 4.45. The molecule has 23 heavy (non-hydrogen) atoms. The maximum absolute atomic E-state index is 12.0. The lowest BCUT2D eigenvalue weighted by atomic mass is 10.4. The third-order valence-electron chi connectivity index (χ3n) is 3.14. The van der Waals surface area contributed by atoms with E-state index < -0.39 is 19.5 Å². The summed E-state index contributed by atoms with van der Waals surface area (Å²) >= 11 is 0. The average molecular weight is 345 g/mol. The number of unbranched alkanes of at least 4 members (excludes halogenated alkanes) is 1. The zero-order valence-corrected chi connectivity index (χ0v) is 14.4. The van der Waals surface area contributed by atoms with Gasteiger partial charge in [-0.2, -0.15) is 0 Å². The molecule has 10 heteroatoms. The lowest BCUT2D eigenvalue weighted by Crippen LogP contribution is -2.39. The van der Waals surface area contributed by atoms with Gasteiger partial charge in [0.15, 0.2) is 5.65 Å². The fraction of sp³-hybridized carbons (Fsp3) is 0.615. The van der Waals surface area contributed by atoms with Gasteiger partial charge in [0.25, 0.3) is 5.56 Å². The number of H-pyrrole nitrogens is 1. The lowest BCUT2D eigenvalue weighted by Gasteiger charge is -2.06. The van der Waals surface area contributed by atoms with Crippen molar-refractivity contribution in [1.82, 2.24) is 19.1 Å². The van der Waals surface area contributed by atoms with Crippen LogP contribution in [0.5, 0.6) is 0 Å². The van der Waals surface area contributed by atoms with Crippen molar-refractivity contribution >= 4 is 19.4 Å². The second-order valence-electron chi connectivity index (χ2n) is 4.82. The van der Waals surface area contributed by atoms with Gasteiger partial charge in [0.1, 0.15) is 12.1 Å². The minimum atomic E-state index is -2.66. The molecule has 9 nitrogen and oxygen atoms in total. The van der Waals surface area contributed by atoms with Crippen LogP contribution in [0.15, 0.2) is 15.9 Å². The van der Waals surface area contributed by atoms with Crippen LogP contribution in [-0.4, -0.2) is 30.6 Å². The molecule has 128 valence electrons. The Bertz CT molecular complexity index is 762. The number of nitrogens with zero attached hydrogens (tertiary/aromatic N) is 3. The Kier molecular flexibility index (Phi) is 7.80. The van der Waals surface area contributed by atoms with Gasteiger partial charge in [-0.05, 0) is 6.42 Å². The molecule has 1 unspecified atom stereocenters. The molecule has 0 aromatic carbocycles. The van der Waals surface area contributed by atoms with E-state index in [1.807, 2.05) is 0 Å². The molecule has 2 rings (SSSR count). The standard InChI is InChI=1S/C9H11N4O5P.C4H10/c1-12-7-6(10-5-11-7)8(14)13(9(12)15)3-2-4-18-19(16)17;1-3-4-2/h5H,2-4H2,1H3,(H-,10,11,14,16,17);3-4H2,1-2H3/p+1. The minimum absolute atomic E-state index is 0.0116. The molecule has 0 saturated carbocycles. The van der Waals surface area contributed by atoms with Gasteiger partial charge in [0.2, 0.25) is 0 Å². The fourth-order valence-corrected chi connectivity index (χ4v) is 2.04. The van der Waals surface area contributed by atoms with Gasteiger partial charge in [-0.25, -0.2) is 9.78 Å². The molecular formula is C13H22N4O5P+. The molecule has 1 atom stereocenters. The van der Waals surface area contributed by atoms with Gasteiger partial charge in [0, 0.05) is 18.2 Å². The molecule has 0 bridgehead atoms. The van der Waals surface area contributed by atoms with Gasteiger partial charge in [0.05, 0.1) is 6.33 Å². The SMILES string of the molecule is CCCC.Cn1c(=O)n(CCCO[P+](=O)O)c(=O)c2[nH]cnc21. The molecular weight excluding hydrogens is 323 g/mol. The number of fused-ring (bicyclic) bond motifs is 1. The van der Waals surface area contributed by atoms with Gasteiger partial charge in [-0.15, -0.1) is 9.42 Å². The van der Waals surface area contributed by atoms with Crippen LogP contribution in [0.1, 0.15) is 33.1 Å². The molecule has 2 aromatic heterocycles. The number of nitrogens with one attached hydrogen (secondary N) is 1. The summed E-state index contributed by atoms with van der Waals surface area (Å²) in [5, 5.41) is 0. The summed E-state index contributed by atoms with van der Waals surface area (Å²) in [5.74, 6) is 0. The second-order valence-corrected chi connectivity index (χ2v) is 5.56. The topological polar surface area (TPSA) is 119 Å². The van der Waals surface area contributed by atoms with E-state index in [1.54, 1.807) is 0 Å². The number of hydrogen-bond donors (Lipinski definition) is 2. The molecule has 2 heterocycles. The molecule has 0 radical (unpaired) electrons. The molecule has 0 aliphatic heterocycles. The highest BCUT2D eigenvalue weighted by atomic mass is 31.1. The first-order valence-electron chi connectivity index (χ1n) is 7.35. The van der Waals surface area contributed by atoms with Crippen LogP contribution in [0.3, 0.4) is 0 Å². The van der Waals surface area contributed by atoms with Gasteiger partial charge in [-0.3, -0.25) is 13.9 Å². The first-order valence-corrected chi connectivity index (χ1v) is 8.48. The maximum atomic E-state index is 12.0. The molecule has 0 aliphatic rings. The van der Waals surface area contributed by atoms with Crippen LogP contribution in [0, 0.1) is 0 Å². The number of aryl methyl sites for hydroxylation is 1. The smallest absolute Gasteiger partial charge is 0.339 e. The second kappa shape index (κ2) is 9.34. The molecule has 0 aliphatic carbocycles. The molecule has 0 spiro atoms. The van der Waals surface area contributed by atoms with Crippen molar-refractivity contribution in [2.24, 2.45) is 7.05 Å². The van der Waals surface area contributed by atoms with Crippen LogP contribution in [0.4, 0.5) is 0 Å².